The van der Waals surface area contributed by atoms with E-state index in [9.17, 15) is 0 Å². The van der Waals surface area contributed by atoms with Crippen LogP contribution >= 0.6 is 0 Å². The van der Waals surface area contributed by atoms with E-state index in [0.717, 1.165) is 106 Å². The van der Waals surface area contributed by atoms with Crippen LogP contribution in [0, 0.1) is 0 Å². The first-order chi connectivity index (χ1) is 29.1. The van der Waals surface area contributed by atoms with E-state index in [0.29, 0.717) is 0 Å². The molecule has 6 heterocycles. The van der Waals surface area contributed by atoms with E-state index in [1.54, 1.807) is 0 Å². The van der Waals surface area contributed by atoms with Crippen LogP contribution in [0.1, 0.15) is 6.92 Å². The average Bonchev–Trinajstić information content (AvgIpc) is 4.10. The third kappa shape index (κ3) is 4.11. The third-order valence-electron chi connectivity index (χ3n) is 12.7. The minimum Gasteiger partial charge on any atom is -0.456 e. The molecular weight excluding hydrogens is 729 g/mol. The molecule has 0 radical (unpaired) electrons. The zero-order valence-electron chi connectivity index (χ0n) is 31.7. The molecule has 0 spiro atoms. The van der Waals surface area contributed by atoms with Crippen LogP contribution in [0.25, 0.3) is 88.5 Å². The number of furan rings is 2. The highest BCUT2D eigenvalue weighted by molar-refractivity contribution is 6.23. The number of para-hydroxylation sites is 6. The number of hydrogen-bond donors (Lipinski definition) is 0. The number of aliphatic imine (C=N–C) groups is 1. The van der Waals surface area contributed by atoms with Crippen LogP contribution in [0.15, 0.2) is 184 Å². The molecule has 2 aliphatic heterocycles. The Morgan fingerprint density at radius 1 is 0.559 bits per heavy atom. The number of nitrogens with zero attached hydrogens (tertiary/aromatic N) is 6. The predicted molar refractivity (Wildman–Crippen MR) is 238 cm³/mol. The molecule has 278 valence electrons. The second-order valence-electron chi connectivity index (χ2n) is 16.1. The van der Waals surface area contributed by atoms with E-state index >= 15 is 0 Å². The summed E-state index contributed by atoms with van der Waals surface area (Å²) < 4.78 is 17.4. The van der Waals surface area contributed by atoms with E-state index in [1.807, 2.05) is 6.07 Å². The lowest BCUT2D eigenvalue weighted by molar-refractivity contribution is 0.550. The van der Waals surface area contributed by atoms with Gasteiger partial charge in [0.05, 0.1) is 50.9 Å². The zero-order valence-corrected chi connectivity index (χ0v) is 31.7. The summed E-state index contributed by atoms with van der Waals surface area (Å²) in [7, 11) is 0. The quantitative estimate of drug-likeness (QED) is 0.179. The molecule has 0 bridgehead atoms. The topological polar surface area (TPSA) is 67.4 Å². The molecule has 8 nitrogen and oxygen atoms in total. The van der Waals surface area contributed by atoms with Crippen LogP contribution in [0.5, 0.6) is 0 Å². The van der Waals surface area contributed by atoms with Crippen molar-refractivity contribution in [1.82, 2.24) is 14.0 Å². The fraction of sp³-hybridized carbons (Fsp3) is 0.0588. The van der Waals surface area contributed by atoms with Crippen LogP contribution < -0.4 is 9.80 Å². The van der Waals surface area contributed by atoms with Crippen LogP contribution in [0.2, 0.25) is 0 Å². The molecule has 0 fully saturated rings. The van der Waals surface area contributed by atoms with E-state index in [1.165, 1.54) is 5.69 Å². The summed E-state index contributed by atoms with van der Waals surface area (Å²) in [5.74, 6) is 1.83. The Hall–Kier alpha value is -7.84. The Morgan fingerprint density at radius 2 is 1.15 bits per heavy atom. The maximum absolute atomic E-state index is 6.45. The molecule has 0 amide bonds. The number of hydrogen-bond acceptors (Lipinski definition) is 6. The summed E-state index contributed by atoms with van der Waals surface area (Å²) in [4.78, 5) is 15.1. The molecule has 8 heteroatoms. The first kappa shape index (κ1) is 31.3. The van der Waals surface area contributed by atoms with Crippen LogP contribution in [-0.2, 0) is 0 Å². The molecule has 7 aromatic carbocycles. The molecular formula is C51H32N6O2. The van der Waals surface area contributed by atoms with Gasteiger partial charge in [0.2, 0.25) is 11.7 Å². The number of allylic oxidation sites excluding steroid dienone is 2. The van der Waals surface area contributed by atoms with E-state index < -0.39 is 0 Å². The van der Waals surface area contributed by atoms with Crippen molar-refractivity contribution >= 4 is 94.7 Å². The fourth-order valence-corrected chi connectivity index (χ4v) is 9.97. The standard InChI is InChI=1S/C51H32N6O2/c1-51-25-9-8-16-48(51)57-43-15-7-5-13-41(43)55(50(57)53-51)33-20-24-47-37(29-33)35-27-31(18-22-45(35)59-47)30-17-21-44-34(26-30)36-28-32(19-23-46(36)58-44)54-40-12-4-6-14-42(40)56-39-11-3-2-10-38(39)52-49(54)56/h2-29,48H,1H3/t48?,51-/m1/s1. The lowest BCUT2D eigenvalue weighted by Crippen LogP contribution is -2.44. The number of rotatable bonds is 3. The highest BCUT2D eigenvalue weighted by atomic mass is 16.3. The zero-order chi connectivity index (χ0) is 38.6. The minimum absolute atomic E-state index is 0.118. The monoisotopic (exact) mass is 760 g/mol. The van der Waals surface area contributed by atoms with Crippen molar-refractivity contribution in [3.63, 3.8) is 0 Å². The fourth-order valence-electron chi connectivity index (χ4n) is 9.97. The number of imidazole rings is 2. The Balaban J connectivity index is 0.896. The lowest BCUT2D eigenvalue weighted by Gasteiger charge is -2.31. The number of guanidine groups is 1. The van der Waals surface area contributed by atoms with Gasteiger partial charge in [0, 0.05) is 21.5 Å². The second kappa shape index (κ2) is 11.0. The largest absolute Gasteiger partial charge is 0.456 e. The van der Waals surface area contributed by atoms with Crippen molar-refractivity contribution in [2.45, 2.75) is 18.5 Å². The van der Waals surface area contributed by atoms with Crippen molar-refractivity contribution in [3.8, 4) is 16.8 Å². The summed E-state index contributed by atoms with van der Waals surface area (Å²) in [6, 6.07) is 51.5. The summed E-state index contributed by atoms with van der Waals surface area (Å²) in [5.41, 5.74) is 13.9. The maximum Gasteiger partial charge on any atom is 0.220 e. The van der Waals surface area contributed by atoms with Gasteiger partial charge in [0.1, 0.15) is 27.9 Å². The molecule has 4 aromatic heterocycles. The molecule has 0 saturated carbocycles. The predicted octanol–water partition coefficient (Wildman–Crippen LogP) is 12.5. The Bertz CT molecular complexity index is 3740. The Labute approximate surface area is 336 Å². The van der Waals surface area contributed by atoms with Gasteiger partial charge in [-0.05, 0) is 115 Å². The van der Waals surface area contributed by atoms with Gasteiger partial charge in [-0.15, -0.1) is 0 Å². The molecule has 0 N–H and O–H groups in total. The first-order valence-corrected chi connectivity index (χ1v) is 20.0. The summed E-state index contributed by atoms with van der Waals surface area (Å²) in [6.07, 6.45) is 8.71. The van der Waals surface area contributed by atoms with Crippen LogP contribution in [0.3, 0.4) is 0 Å². The molecule has 3 aliphatic rings. The van der Waals surface area contributed by atoms with Crippen LogP contribution in [0.4, 0.5) is 17.1 Å². The van der Waals surface area contributed by atoms with Crippen molar-refractivity contribution in [3.05, 3.63) is 170 Å². The summed E-state index contributed by atoms with van der Waals surface area (Å²) >= 11 is 0. The van der Waals surface area contributed by atoms with Crippen molar-refractivity contribution in [2.75, 3.05) is 9.80 Å². The summed E-state index contributed by atoms with van der Waals surface area (Å²) in [5, 5.41) is 4.25. The smallest absolute Gasteiger partial charge is 0.220 e. The van der Waals surface area contributed by atoms with E-state index in [-0.39, 0.29) is 11.6 Å². The average molecular weight is 761 g/mol. The van der Waals surface area contributed by atoms with Gasteiger partial charge in [-0.1, -0.05) is 72.8 Å². The van der Waals surface area contributed by atoms with Gasteiger partial charge >= 0.3 is 0 Å². The van der Waals surface area contributed by atoms with Gasteiger partial charge in [0.25, 0.3) is 0 Å². The van der Waals surface area contributed by atoms with Crippen molar-refractivity contribution < 1.29 is 8.83 Å². The molecule has 0 saturated heterocycles. The Morgan fingerprint density at radius 3 is 1.90 bits per heavy atom. The van der Waals surface area contributed by atoms with E-state index in [2.05, 4.69) is 190 Å². The van der Waals surface area contributed by atoms with Gasteiger partial charge in [-0.25, -0.2) is 9.98 Å². The minimum atomic E-state index is -0.335. The van der Waals surface area contributed by atoms with Gasteiger partial charge in [0.15, 0.2) is 0 Å². The Kier molecular flexibility index (Phi) is 5.81. The number of aromatic nitrogens is 3. The molecule has 59 heavy (non-hydrogen) atoms. The van der Waals surface area contributed by atoms with Gasteiger partial charge in [-0.3, -0.25) is 13.9 Å². The number of anilines is 3. The molecule has 1 aliphatic carbocycles. The van der Waals surface area contributed by atoms with Crippen LogP contribution in [-0.4, -0.2) is 31.5 Å². The van der Waals surface area contributed by atoms with Gasteiger partial charge in [-0.2, -0.15) is 0 Å². The van der Waals surface area contributed by atoms with Gasteiger partial charge < -0.3 is 13.7 Å². The molecule has 14 rings (SSSR count). The highest BCUT2D eigenvalue weighted by Gasteiger charge is 2.50. The lowest BCUT2D eigenvalue weighted by atomic mass is 9.89. The summed E-state index contributed by atoms with van der Waals surface area (Å²) in [6.45, 7) is 2.21. The normalized spacial score (nSPS) is 18.4. The first-order valence-electron chi connectivity index (χ1n) is 20.0. The third-order valence-corrected chi connectivity index (χ3v) is 12.7. The SMILES string of the molecule is C[C@@]12C=CC=CC1N1C(=N2)N(c2ccc3oc4ccc(-c5ccc6oc7ccc(-n8c9ccccc9n9c%10ccccc%10nc89)cc7c6c5)cc4c3c2)c2ccccc21. The highest BCUT2D eigenvalue weighted by Crippen LogP contribution is 2.50. The van der Waals surface area contributed by atoms with Crippen molar-refractivity contribution in [1.29, 1.82) is 0 Å². The molecule has 2 atom stereocenters. The number of benzene rings is 7. The molecule has 1 unspecified atom stereocenters. The maximum atomic E-state index is 6.45. The van der Waals surface area contributed by atoms with E-state index in [4.69, 9.17) is 18.8 Å². The second-order valence-corrected chi connectivity index (χ2v) is 16.1. The molecule has 11 aromatic rings. The van der Waals surface area contributed by atoms with Crippen molar-refractivity contribution in [2.24, 2.45) is 4.99 Å². The number of fused-ring (bicyclic) bond motifs is 16.